The zero-order valence-electron chi connectivity index (χ0n) is 7.03. The molecule has 0 fully saturated rings. The van der Waals surface area contributed by atoms with Gasteiger partial charge in [0.2, 0.25) is 5.90 Å². The van der Waals surface area contributed by atoms with Crippen molar-refractivity contribution in [2.45, 2.75) is 13.0 Å². The first-order valence-electron chi connectivity index (χ1n) is 4.13. The molecule has 1 aromatic rings. The number of aliphatic imine (C=N–C) groups is 1. The summed E-state index contributed by atoms with van der Waals surface area (Å²) in [5.74, 6) is 0.781. The van der Waals surface area contributed by atoms with Gasteiger partial charge in [0.05, 0.1) is 6.54 Å². The van der Waals surface area contributed by atoms with E-state index in [0.717, 1.165) is 18.0 Å². The highest BCUT2D eigenvalue weighted by molar-refractivity contribution is 5.95. The highest BCUT2D eigenvalue weighted by Gasteiger charge is 2.15. The van der Waals surface area contributed by atoms with Gasteiger partial charge in [0.1, 0.15) is 6.10 Å². The average Bonchev–Trinajstić information content (AvgIpc) is 2.54. The monoisotopic (exact) mass is 161 g/mol. The van der Waals surface area contributed by atoms with Crippen LogP contribution in [0.2, 0.25) is 0 Å². The molecule has 12 heavy (non-hydrogen) atoms. The maximum Gasteiger partial charge on any atom is 0.216 e. The zero-order valence-corrected chi connectivity index (χ0v) is 7.03. The van der Waals surface area contributed by atoms with Crippen LogP contribution in [0.15, 0.2) is 35.3 Å². The molecule has 2 heteroatoms. The zero-order chi connectivity index (χ0) is 8.39. The van der Waals surface area contributed by atoms with E-state index in [-0.39, 0.29) is 6.10 Å². The second kappa shape index (κ2) is 2.97. The molecular weight excluding hydrogens is 150 g/mol. The van der Waals surface area contributed by atoms with Crippen LogP contribution in [0.3, 0.4) is 0 Å². The van der Waals surface area contributed by atoms with Gasteiger partial charge in [-0.25, -0.2) is 4.99 Å². The minimum absolute atomic E-state index is 0.236. The molecule has 2 nitrogen and oxygen atoms in total. The fraction of sp³-hybridized carbons (Fsp3) is 0.300. The van der Waals surface area contributed by atoms with E-state index in [4.69, 9.17) is 4.74 Å². The molecule has 0 bridgehead atoms. The van der Waals surface area contributed by atoms with E-state index in [1.807, 2.05) is 37.3 Å². The predicted octanol–water partition coefficient (Wildman–Crippen LogP) is 1.85. The molecule has 1 heterocycles. The molecule has 0 amide bonds. The van der Waals surface area contributed by atoms with Gasteiger partial charge in [0, 0.05) is 5.56 Å². The van der Waals surface area contributed by atoms with Crippen molar-refractivity contribution in [2.24, 2.45) is 4.99 Å². The van der Waals surface area contributed by atoms with Gasteiger partial charge in [-0.3, -0.25) is 0 Å². The Hall–Kier alpha value is -1.31. The molecule has 1 aliphatic heterocycles. The molecule has 0 N–H and O–H groups in total. The summed E-state index contributed by atoms with van der Waals surface area (Å²) < 4.78 is 5.50. The summed E-state index contributed by atoms with van der Waals surface area (Å²) >= 11 is 0. The third-order valence-corrected chi connectivity index (χ3v) is 1.83. The normalized spacial score (nSPS) is 21.8. The van der Waals surface area contributed by atoms with Crippen LogP contribution in [0.5, 0.6) is 0 Å². The van der Waals surface area contributed by atoms with E-state index in [2.05, 4.69) is 4.99 Å². The highest BCUT2D eigenvalue weighted by Crippen LogP contribution is 2.10. The predicted molar refractivity (Wildman–Crippen MR) is 48.4 cm³/mol. The standard InChI is InChI=1S/C10H11NO/c1-8-7-11-10(12-8)9-5-3-2-4-6-9/h2-6,8H,7H2,1H3/t8-/m0/s1. The maximum atomic E-state index is 5.50. The van der Waals surface area contributed by atoms with E-state index < -0.39 is 0 Å². The molecule has 0 unspecified atom stereocenters. The smallest absolute Gasteiger partial charge is 0.216 e. The molecule has 62 valence electrons. The van der Waals surface area contributed by atoms with Gasteiger partial charge in [-0.1, -0.05) is 18.2 Å². The molecule has 0 aromatic heterocycles. The first-order valence-corrected chi connectivity index (χ1v) is 4.13. The first-order chi connectivity index (χ1) is 5.86. The number of hydrogen-bond acceptors (Lipinski definition) is 2. The molecular formula is C10H11NO. The highest BCUT2D eigenvalue weighted by atomic mass is 16.5. The van der Waals surface area contributed by atoms with Gasteiger partial charge in [0.15, 0.2) is 0 Å². The van der Waals surface area contributed by atoms with Crippen molar-refractivity contribution in [2.75, 3.05) is 6.54 Å². The van der Waals surface area contributed by atoms with E-state index >= 15 is 0 Å². The van der Waals surface area contributed by atoms with Gasteiger partial charge in [-0.2, -0.15) is 0 Å². The van der Waals surface area contributed by atoms with Crippen molar-refractivity contribution in [1.82, 2.24) is 0 Å². The minimum Gasteiger partial charge on any atom is -0.472 e. The van der Waals surface area contributed by atoms with Gasteiger partial charge in [-0.05, 0) is 19.1 Å². The molecule has 0 radical (unpaired) electrons. The number of rotatable bonds is 1. The molecule has 0 saturated carbocycles. The van der Waals surface area contributed by atoms with Crippen molar-refractivity contribution in [3.05, 3.63) is 35.9 Å². The molecule has 1 aromatic carbocycles. The minimum atomic E-state index is 0.236. The van der Waals surface area contributed by atoms with Crippen molar-refractivity contribution in [1.29, 1.82) is 0 Å². The topological polar surface area (TPSA) is 21.6 Å². The molecule has 0 spiro atoms. The Morgan fingerprint density at radius 1 is 1.33 bits per heavy atom. The van der Waals surface area contributed by atoms with Crippen molar-refractivity contribution in [3.63, 3.8) is 0 Å². The Morgan fingerprint density at radius 3 is 2.67 bits per heavy atom. The van der Waals surface area contributed by atoms with Crippen LogP contribution in [-0.4, -0.2) is 18.5 Å². The fourth-order valence-electron chi connectivity index (χ4n) is 1.22. The van der Waals surface area contributed by atoms with Gasteiger partial charge in [0.25, 0.3) is 0 Å². The Balaban J connectivity index is 2.22. The Labute approximate surface area is 71.9 Å². The molecule has 2 rings (SSSR count). The lowest BCUT2D eigenvalue weighted by atomic mass is 10.2. The largest absolute Gasteiger partial charge is 0.472 e. The van der Waals surface area contributed by atoms with E-state index in [0.29, 0.717) is 0 Å². The van der Waals surface area contributed by atoms with Gasteiger partial charge in [-0.15, -0.1) is 0 Å². The summed E-state index contributed by atoms with van der Waals surface area (Å²) in [5, 5.41) is 0. The summed E-state index contributed by atoms with van der Waals surface area (Å²) in [6, 6.07) is 9.99. The third-order valence-electron chi connectivity index (χ3n) is 1.83. The Morgan fingerprint density at radius 2 is 2.08 bits per heavy atom. The van der Waals surface area contributed by atoms with E-state index in [1.165, 1.54) is 0 Å². The quantitative estimate of drug-likeness (QED) is 0.616. The lowest BCUT2D eigenvalue weighted by Gasteiger charge is -2.04. The van der Waals surface area contributed by atoms with Gasteiger partial charge < -0.3 is 4.74 Å². The second-order valence-electron chi connectivity index (χ2n) is 2.94. The first kappa shape index (κ1) is 7.35. The van der Waals surface area contributed by atoms with E-state index in [1.54, 1.807) is 0 Å². The van der Waals surface area contributed by atoms with Crippen molar-refractivity contribution < 1.29 is 4.74 Å². The number of hydrogen-bond donors (Lipinski definition) is 0. The Kier molecular flexibility index (Phi) is 1.82. The third kappa shape index (κ3) is 1.33. The van der Waals surface area contributed by atoms with E-state index in [9.17, 15) is 0 Å². The second-order valence-corrected chi connectivity index (χ2v) is 2.94. The van der Waals surface area contributed by atoms with Crippen LogP contribution in [-0.2, 0) is 4.74 Å². The van der Waals surface area contributed by atoms with Crippen LogP contribution in [0.25, 0.3) is 0 Å². The SMILES string of the molecule is C[C@H]1CN=C(c2ccccc2)O1. The molecule has 1 aliphatic rings. The number of nitrogens with zero attached hydrogens (tertiary/aromatic N) is 1. The lowest BCUT2D eigenvalue weighted by molar-refractivity contribution is 0.246. The number of benzene rings is 1. The van der Waals surface area contributed by atoms with Crippen LogP contribution < -0.4 is 0 Å². The summed E-state index contributed by atoms with van der Waals surface area (Å²) in [6.45, 7) is 2.81. The van der Waals surface area contributed by atoms with Crippen LogP contribution in [0.1, 0.15) is 12.5 Å². The molecule has 0 saturated heterocycles. The molecule has 0 aliphatic carbocycles. The summed E-state index contributed by atoms with van der Waals surface area (Å²) in [7, 11) is 0. The molecule has 1 atom stereocenters. The average molecular weight is 161 g/mol. The summed E-state index contributed by atoms with van der Waals surface area (Å²) in [6.07, 6.45) is 0.236. The fourth-order valence-corrected chi connectivity index (χ4v) is 1.22. The summed E-state index contributed by atoms with van der Waals surface area (Å²) in [4.78, 5) is 4.28. The Bertz CT molecular complexity index is 292. The van der Waals surface area contributed by atoms with Crippen LogP contribution >= 0.6 is 0 Å². The van der Waals surface area contributed by atoms with Gasteiger partial charge >= 0.3 is 0 Å². The maximum absolute atomic E-state index is 5.50. The van der Waals surface area contributed by atoms with Crippen LogP contribution in [0, 0.1) is 0 Å². The summed E-state index contributed by atoms with van der Waals surface area (Å²) in [5.41, 5.74) is 1.07. The lowest BCUT2D eigenvalue weighted by Crippen LogP contribution is -2.08. The number of ether oxygens (including phenoxy) is 1. The van der Waals surface area contributed by atoms with Crippen molar-refractivity contribution in [3.8, 4) is 0 Å². The van der Waals surface area contributed by atoms with Crippen molar-refractivity contribution >= 4 is 5.90 Å². The van der Waals surface area contributed by atoms with Crippen LogP contribution in [0.4, 0.5) is 0 Å².